The van der Waals surface area contributed by atoms with E-state index in [2.05, 4.69) is 0 Å². The first kappa shape index (κ1) is 14.5. The van der Waals surface area contributed by atoms with E-state index in [0.29, 0.717) is 28.2 Å². The van der Waals surface area contributed by atoms with Crippen LogP contribution in [0.3, 0.4) is 0 Å². The highest BCUT2D eigenvalue weighted by atomic mass is 35.5. The standard InChI is InChI=1S/C11H12Cl2O3S/c1-7(11(14)15)17-6-5-16-10-8(12)3-2-4-9(10)13/h2-4,7H,5-6H2,1H3,(H,14,15). The molecule has 0 radical (unpaired) electrons. The molecule has 0 saturated carbocycles. The number of hydrogen-bond donors (Lipinski definition) is 1. The highest BCUT2D eigenvalue weighted by molar-refractivity contribution is 8.00. The number of benzene rings is 1. The minimum Gasteiger partial charge on any atom is -0.490 e. The molecule has 1 aromatic rings. The Bertz CT molecular complexity index is 378. The molecule has 0 heterocycles. The summed E-state index contributed by atoms with van der Waals surface area (Å²) in [6.07, 6.45) is 0. The number of ether oxygens (including phenoxy) is 1. The van der Waals surface area contributed by atoms with Crippen molar-refractivity contribution in [2.75, 3.05) is 12.4 Å². The summed E-state index contributed by atoms with van der Waals surface area (Å²) in [5.41, 5.74) is 0. The molecule has 94 valence electrons. The van der Waals surface area contributed by atoms with Crippen molar-refractivity contribution in [2.24, 2.45) is 0 Å². The van der Waals surface area contributed by atoms with Gasteiger partial charge in [-0.15, -0.1) is 11.8 Å². The molecule has 1 aromatic carbocycles. The third-order valence-electron chi connectivity index (χ3n) is 1.96. The molecule has 1 atom stereocenters. The first-order chi connectivity index (χ1) is 8.02. The Morgan fingerprint density at radius 3 is 2.59 bits per heavy atom. The van der Waals surface area contributed by atoms with E-state index in [1.165, 1.54) is 11.8 Å². The van der Waals surface area contributed by atoms with E-state index in [1.807, 2.05) is 0 Å². The van der Waals surface area contributed by atoms with Crippen LogP contribution in [0.25, 0.3) is 0 Å². The average molecular weight is 295 g/mol. The van der Waals surface area contributed by atoms with Gasteiger partial charge in [-0.25, -0.2) is 0 Å². The number of hydrogen-bond acceptors (Lipinski definition) is 3. The van der Waals surface area contributed by atoms with Gasteiger partial charge in [0.25, 0.3) is 0 Å². The van der Waals surface area contributed by atoms with Gasteiger partial charge in [-0.2, -0.15) is 0 Å². The lowest BCUT2D eigenvalue weighted by molar-refractivity contribution is -0.136. The normalized spacial score (nSPS) is 12.2. The highest BCUT2D eigenvalue weighted by Gasteiger charge is 2.11. The van der Waals surface area contributed by atoms with Gasteiger partial charge in [-0.05, 0) is 19.1 Å². The van der Waals surface area contributed by atoms with Crippen LogP contribution in [0.2, 0.25) is 10.0 Å². The summed E-state index contributed by atoms with van der Waals surface area (Å²) in [5.74, 6) is 0.180. The average Bonchev–Trinajstić information content (AvgIpc) is 2.27. The zero-order valence-corrected chi connectivity index (χ0v) is 11.5. The molecule has 3 nitrogen and oxygen atoms in total. The number of carboxylic acid groups (broad SMARTS) is 1. The van der Waals surface area contributed by atoms with Gasteiger partial charge in [0.1, 0.15) is 0 Å². The van der Waals surface area contributed by atoms with Crippen LogP contribution in [0.5, 0.6) is 5.75 Å². The predicted molar refractivity (Wildman–Crippen MR) is 71.5 cm³/mol. The van der Waals surface area contributed by atoms with Gasteiger partial charge in [-0.1, -0.05) is 29.3 Å². The SMILES string of the molecule is CC(SCCOc1c(Cl)cccc1Cl)C(=O)O. The second kappa shape index (κ2) is 6.99. The van der Waals surface area contributed by atoms with Crippen molar-refractivity contribution in [1.29, 1.82) is 0 Å². The maximum Gasteiger partial charge on any atom is 0.316 e. The minimum absolute atomic E-state index is 0.367. The van der Waals surface area contributed by atoms with Gasteiger partial charge in [0, 0.05) is 5.75 Å². The number of carbonyl (C=O) groups is 1. The third kappa shape index (κ3) is 4.66. The Hall–Kier alpha value is -0.580. The number of rotatable bonds is 6. The molecular weight excluding hydrogens is 283 g/mol. The quantitative estimate of drug-likeness (QED) is 0.815. The van der Waals surface area contributed by atoms with Gasteiger partial charge in [-0.3, -0.25) is 4.79 Å². The molecule has 17 heavy (non-hydrogen) atoms. The smallest absolute Gasteiger partial charge is 0.316 e. The van der Waals surface area contributed by atoms with Crippen LogP contribution in [0.1, 0.15) is 6.92 Å². The summed E-state index contributed by atoms with van der Waals surface area (Å²) in [4.78, 5) is 10.6. The van der Waals surface area contributed by atoms with Crippen molar-refractivity contribution in [3.05, 3.63) is 28.2 Å². The summed E-state index contributed by atoms with van der Waals surface area (Å²) < 4.78 is 5.42. The van der Waals surface area contributed by atoms with Gasteiger partial charge >= 0.3 is 5.97 Å². The maximum absolute atomic E-state index is 10.6. The van der Waals surface area contributed by atoms with Crippen molar-refractivity contribution in [2.45, 2.75) is 12.2 Å². The number of para-hydroxylation sites is 1. The van der Waals surface area contributed by atoms with E-state index in [-0.39, 0.29) is 0 Å². The molecule has 0 saturated heterocycles. The summed E-state index contributed by atoms with van der Waals surface area (Å²) in [7, 11) is 0. The molecule has 0 amide bonds. The fourth-order valence-electron chi connectivity index (χ4n) is 1.06. The number of halogens is 2. The molecule has 0 aliphatic heterocycles. The van der Waals surface area contributed by atoms with Crippen LogP contribution in [0, 0.1) is 0 Å². The number of carboxylic acids is 1. The van der Waals surface area contributed by atoms with Gasteiger partial charge in [0.15, 0.2) is 5.75 Å². The van der Waals surface area contributed by atoms with Crippen molar-refractivity contribution in [3.8, 4) is 5.75 Å². The first-order valence-electron chi connectivity index (χ1n) is 4.93. The lowest BCUT2D eigenvalue weighted by Crippen LogP contribution is -2.14. The van der Waals surface area contributed by atoms with Crippen molar-refractivity contribution in [1.82, 2.24) is 0 Å². The first-order valence-corrected chi connectivity index (χ1v) is 6.74. The van der Waals surface area contributed by atoms with Crippen LogP contribution in [-0.4, -0.2) is 28.7 Å². The van der Waals surface area contributed by atoms with Crippen LogP contribution >= 0.6 is 35.0 Å². The second-order valence-corrected chi connectivity index (χ2v) is 5.51. The van der Waals surface area contributed by atoms with Crippen molar-refractivity contribution >= 4 is 40.9 Å². The molecule has 0 spiro atoms. The highest BCUT2D eigenvalue weighted by Crippen LogP contribution is 2.32. The molecule has 0 aromatic heterocycles. The Morgan fingerprint density at radius 1 is 1.47 bits per heavy atom. The fourth-order valence-corrected chi connectivity index (χ4v) is 2.24. The van der Waals surface area contributed by atoms with Gasteiger partial charge < -0.3 is 9.84 Å². The molecule has 0 fully saturated rings. The molecule has 6 heteroatoms. The minimum atomic E-state index is -0.828. The maximum atomic E-state index is 10.6. The predicted octanol–water partition coefficient (Wildman–Crippen LogP) is 3.58. The summed E-state index contributed by atoms with van der Waals surface area (Å²) in [5, 5.41) is 9.14. The van der Waals surface area contributed by atoms with Gasteiger partial charge in [0.05, 0.1) is 21.9 Å². The largest absolute Gasteiger partial charge is 0.490 e. The zero-order valence-electron chi connectivity index (χ0n) is 9.15. The van der Waals surface area contributed by atoms with Gasteiger partial charge in [0.2, 0.25) is 0 Å². The van der Waals surface area contributed by atoms with Crippen LogP contribution in [0.15, 0.2) is 18.2 Å². The van der Waals surface area contributed by atoms with Crippen molar-refractivity contribution < 1.29 is 14.6 Å². The van der Waals surface area contributed by atoms with Crippen LogP contribution < -0.4 is 4.74 Å². The van der Waals surface area contributed by atoms with E-state index in [9.17, 15) is 4.79 Å². The molecular formula is C11H12Cl2O3S. The fraction of sp³-hybridized carbons (Fsp3) is 0.364. The zero-order chi connectivity index (χ0) is 12.8. The molecule has 1 rings (SSSR count). The lowest BCUT2D eigenvalue weighted by atomic mass is 10.3. The summed E-state index contributed by atoms with van der Waals surface area (Å²) >= 11 is 13.1. The number of thioether (sulfide) groups is 1. The molecule has 0 aliphatic carbocycles. The molecule has 0 bridgehead atoms. The molecule has 0 aliphatic rings. The van der Waals surface area contributed by atoms with Crippen LogP contribution in [-0.2, 0) is 4.79 Å². The molecule has 1 N–H and O–H groups in total. The molecule has 1 unspecified atom stereocenters. The third-order valence-corrected chi connectivity index (χ3v) is 3.66. The Labute approximate surface area is 114 Å². The topological polar surface area (TPSA) is 46.5 Å². The van der Waals surface area contributed by atoms with E-state index in [4.69, 9.17) is 33.0 Å². The lowest BCUT2D eigenvalue weighted by Gasteiger charge is -2.10. The monoisotopic (exact) mass is 294 g/mol. The Balaban J connectivity index is 2.39. The van der Waals surface area contributed by atoms with E-state index >= 15 is 0 Å². The van der Waals surface area contributed by atoms with E-state index < -0.39 is 11.2 Å². The second-order valence-electron chi connectivity index (χ2n) is 3.25. The Kier molecular flexibility index (Phi) is 5.95. The van der Waals surface area contributed by atoms with Crippen LogP contribution in [0.4, 0.5) is 0 Å². The van der Waals surface area contributed by atoms with Crippen molar-refractivity contribution in [3.63, 3.8) is 0 Å². The Morgan fingerprint density at radius 2 is 2.06 bits per heavy atom. The van der Waals surface area contributed by atoms with E-state index in [0.717, 1.165) is 0 Å². The summed E-state index contributed by atoms with van der Waals surface area (Å²) in [6, 6.07) is 5.12. The number of aliphatic carboxylic acids is 1. The van der Waals surface area contributed by atoms with E-state index in [1.54, 1.807) is 25.1 Å². The summed E-state index contributed by atoms with van der Waals surface area (Å²) in [6.45, 7) is 2.00.